The zero-order valence-corrected chi connectivity index (χ0v) is 14.2. The minimum Gasteiger partial charge on any atom is -0.207 e. The van der Waals surface area contributed by atoms with Gasteiger partial charge in [0.05, 0.1) is 0 Å². The van der Waals surface area contributed by atoms with Gasteiger partial charge in [0, 0.05) is 5.02 Å². The van der Waals surface area contributed by atoms with Crippen LogP contribution in [-0.4, -0.2) is 0 Å². The van der Waals surface area contributed by atoms with Gasteiger partial charge in [-0.1, -0.05) is 66.2 Å². The quantitative estimate of drug-likeness (QED) is 0.485. The van der Waals surface area contributed by atoms with Crippen LogP contribution < -0.4 is 0 Å². The molecule has 0 aliphatic heterocycles. The van der Waals surface area contributed by atoms with Crippen molar-refractivity contribution in [2.45, 2.75) is 25.2 Å². The van der Waals surface area contributed by atoms with Gasteiger partial charge in [-0.2, -0.15) is 0 Å². The minimum atomic E-state index is -0.191. The average Bonchev–Trinajstić information content (AvgIpc) is 2.60. The highest BCUT2D eigenvalue weighted by Crippen LogP contribution is 2.27. The molecule has 0 aliphatic rings. The summed E-state index contributed by atoms with van der Waals surface area (Å²) < 4.78 is 13.3. The summed E-state index contributed by atoms with van der Waals surface area (Å²) in [5.74, 6) is 0.146. The van der Waals surface area contributed by atoms with Crippen LogP contribution in [0.4, 0.5) is 4.39 Å². The van der Waals surface area contributed by atoms with Crippen LogP contribution in [0.2, 0.25) is 5.02 Å². The van der Waals surface area contributed by atoms with Crippen LogP contribution in [0.15, 0.2) is 78.9 Å². The van der Waals surface area contributed by atoms with Crippen LogP contribution in [0.3, 0.4) is 0 Å². The first kappa shape index (κ1) is 16.7. The van der Waals surface area contributed by atoms with Crippen molar-refractivity contribution in [1.29, 1.82) is 0 Å². The van der Waals surface area contributed by atoms with Gasteiger partial charge in [0.15, 0.2) is 0 Å². The Hall–Kier alpha value is -2.12. The standard InChI is InChI=1S/C22H20ClF/c23-21-8-4-7-18(16-21)15-20(19-11-13-22(24)14-12-19)10-9-17-5-2-1-3-6-17/h1-8,11-14,16,20H,9-10,15H2. The van der Waals surface area contributed by atoms with E-state index in [9.17, 15) is 4.39 Å². The molecule has 1 unspecified atom stereocenters. The van der Waals surface area contributed by atoms with E-state index in [2.05, 4.69) is 30.3 Å². The maximum atomic E-state index is 13.3. The fourth-order valence-electron chi connectivity index (χ4n) is 3.06. The second-order valence-corrected chi connectivity index (χ2v) is 6.54. The Balaban J connectivity index is 1.78. The van der Waals surface area contributed by atoms with Gasteiger partial charge in [-0.15, -0.1) is 0 Å². The van der Waals surface area contributed by atoms with E-state index >= 15 is 0 Å². The van der Waals surface area contributed by atoms with Crippen molar-refractivity contribution in [2.75, 3.05) is 0 Å². The number of hydrogen-bond donors (Lipinski definition) is 0. The first-order valence-corrected chi connectivity index (χ1v) is 8.62. The third-order valence-corrected chi connectivity index (χ3v) is 4.57. The fraction of sp³-hybridized carbons (Fsp3) is 0.182. The summed E-state index contributed by atoms with van der Waals surface area (Å²) in [7, 11) is 0. The van der Waals surface area contributed by atoms with E-state index < -0.39 is 0 Å². The zero-order valence-electron chi connectivity index (χ0n) is 13.5. The van der Waals surface area contributed by atoms with E-state index in [1.807, 2.05) is 36.4 Å². The molecular weight excluding hydrogens is 319 g/mol. The molecule has 1 atom stereocenters. The summed E-state index contributed by atoms with van der Waals surface area (Å²) in [6.45, 7) is 0. The lowest BCUT2D eigenvalue weighted by Gasteiger charge is -2.18. The van der Waals surface area contributed by atoms with Crippen molar-refractivity contribution in [3.63, 3.8) is 0 Å². The molecule has 0 fully saturated rings. The van der Waals surface area contributed by atoms with Crippen molar-refractivity contribution >= 4 is 11.6 Å². The van der Waals surface area contributed by atoms with Gasteiger partial charge in [-0.25, -0.2) is 4.39 Å². The van der Waals surface area contributed by atoms with Gasteiger partial charge in [-0.05, 0) is 66.1 Å². The number of hydrogen-bond acceptors (Lipinski definition) is 0. The number of benzene rings is 3. The van der Waals surface area contributed by atoms with E-state index in [0.717, 1.165) is 24.3 Å². The summed E-state index contributed by atoms with van der Waals surface area (Å²) in [5, 5.41) is 0.758. The Bertz CT molecular complexity index is 765. The molecule has 0 N–H and O–H groups in total. The largest absolute Gasteiger partial charge is 0.207 e. The van der Waals surface area contributed by atoms with E-state index in [-0.39, 0.29) is 5.82 Å². The zero-order chi connectivity index (χ0) is 16.8. The molecule has 0 nitrogen and oxygen atoms in total. The lowest BCUT2D eigenvalue weighted by Crippen LogP contribution is -2.05. The molecule has 0 amide bonds. The first-order valence-electron chi connectivity index (χ1n) is 8.24. The predicted octanol–water partition coefficient (Wildman–Crippen LogP) is 6.44. The van der Waals surface area contributed by atoms with Gasteiger partial charge in [-0.3, -0.25) is 0 Å². The molecule has 0 saturated carbocycles. The summed E-state index contributed by atoms with van der Waals surface area (Å²) in [6, 6.07) is 25.4. The Morgan fingerprint density at radius 1 is 0.792 bits per heavy atom. The van der Waals surface area contributed by atoms with Crippen molar-refractivity contribution in [1.82, 2.24) is 0 Å². The molecule has 122 valence electrons. The van der Waals surface area contributed by atoms with Crippen LogP contribution in [0.25, 0.3) is 0 Å². The van der Waals surface area contributed by atoms with Crippen molar-refractivity contribution < 1.29 is 4.39 Å². The molecule has 0 aliphatic carbocycles. The third kappa shape index (κ3) is 4.69. The summed E-state index contributed by atoms with van der Waals surface area (Å²) in [4.78, 5) is 0. The van der Waals surface area contributed by atoms with Crippen LogP contribution in [-0.2, 0) is 12.8 Å². The molecule has 0 aromatic heterocycles. The molecule has 24 heavy (non-hydrogen) atoms. The maximum absolute atomic E-state index is 13.3. The Kier molecular flexibility index (Phi) is 5.66. The molecule has 3 aromatic carbocycles. The fourth-order valence-corrected chi connectivity index (χ4v) is 3.27. The first-order chi connectivity index (χ1) is 11.7. The lowest BCUT2D eigenvalue weighted by atomic mass is 9.87. The van der Waals surface area contributed by atoms with Crippen molar-refractivity contribution in [3.05, 3.63) is 106 Å². The van der Waals surface area contributed by atoms with Crippen LogP contribution in [0.1, 0.15) is 29.0 Å². The molecule has 0 bridgehead atoms. The van der Waals surface area contributed by atoms with Gasteiger partial charge in [0.25, 0.3) is 0 Å². The molecule has 3 aromatic rings. The molecule has 0 spiro atoms. The lowest BCUT2D eigenvalue weighted by molar-refractivity contribution is 0.608. The van der Waals surface area contributed by atoms with E-state index in [1.165, 1.54) is 16.7 Å². The SMILES string of the molecule is Fc1ccc(C(CCc2ccccc2)Cc2cccc(Cl)c2)cc1. The molecule has 0 radical (unpaired) electrons. The van der Waals surface area contributed by atoms with Crippen LogP contribution in [0.5, 0.6) is 0 Å². The molecular formula is C22H20ClF. The van der Waals surface area contributed by atoms with Gasteiger partial charge in [0.1, 0.15) is 5.82 Å². The maximum Gasteiger partial charge on any atom is 0.123 e. The highest BCUT2D eigenvalue weighted by molar-refractivity contribution is 6.30. The van der Waals surface area contributed by atoms with E-state index in [1.54, 1.807) is 12.1 Å². The summed E-state index contributed by atoms with van der Waals surface area (Å²) in [6.07, 6.45) is 2.92. The second-order valence-electron chi connectivity index (χ2n) is 6.11. The van der Waals surface area contributed by atoms with Gasteiger partial charge in [0.2, 0.25) is 0 Å². The molecule has 0 saturated heterocycles. The molecule has 3 rings (SSSR count). The van der Waals surface area contributed by atoms with Gasteiger partial charge >= 0.3 is 0 Å². The number of rotatable bonds is 6. The van der Waals surface area contributed by atoms with Crippen LogP contribution in [0, 0.1) is 5.82 Å². The summed E-state index contributed by atoms with van der Waals surface area (Å²) in [5.41, 5.74) is 3.72. The Morgan fingerprint density at radius 3 is 2.21 bits per heavy atom. The monoisotopic (exact) mass is 338 g/mol. The normalized spacial score (nSPS) is 12.1. The van der Waals surface area contributed by atoms with Crippen molar-refractivity contribution in [2.24, 2.45) is 0 Å². The molecule has 2 heteroatoms. The van der Waals surface area contributed by atoms with Gasteiger partial charge < -0.3 is 0 Å². The summed E-state index contributed by atoms with van der Waals surface area (Å²) >= 11 is 6.12. The highest BCUT2D eigenvalue weighted by atomic mass is 35.5. The topological polar surface area (TPSA) is 0 Å². The smallest absolute Gasteiger partial charge is 0.123 e. The number of halogens is 2. The van der Waals surface area contributed by atoms with Crippen LogP contribution >= 0.6 is 11.6 Å². The second kappa shape index (κ2) is 8.12. The Labute approximate surface area is 147 Å². The molecule has 0 heterocycles. The highest BCUT2D eigenvalue weighted by Gasteiger charge is 2.13. The minimum absolute atomic E-state index is 0.191. The van der Waals surface area contributed by atoms with Crippen molar-refractivity contribution in [3.8, 4) is 0 Å². The predicted molar refractivity (Wildman–Crippen MR) is 99.1 cm³/mol. The number of aryl methyl sites for hydroxylation is 1. The van der Waals surface area contributed by atoms with E-state index in [0.29, 0.717) is 5.92 Å². The third-order valence-electron chi connectivity index (χ3n) is 4.34. The average molecular weight is 339 g/mol. The Morgan fingerprint density at radius 2 is 1.50 bits per heavy atom. The van der Waals surface area contributed by atoms with E-state index in [4.69, 9.17) is 11.6 Å².